The Labute approximate surface area is 87.5 Å². The Morgan fingerprint density at radius 3 is 2.73 bits per heavy atom. The van der Waals surface area contributed by atoms with Crippen LogP contribution in [-0.4, -0.2) is 26.2 Å². The van der Waals surface area contributed by atoms with Gasteiger partial charge in [0.15, 0.2) is 0 Å². The smallest absolute Gasteiger partial charge is 0.340 e. The van der Waals surface area contributed by atoms with Crippen LogP contribution in [-0.2, 0) is 4.74 Å². The van der Waals surface area contributed by atoms with Crippen LogP contribution < -0.4 is 4.90 Å². The minimum atomic E-state index is -0.630. The number of hydrogen-bond acceptors (Lipinski definition) is 3. The maximum absolute atomic E-state index is 13.3. The number of carbonyl (C=O) groups is 1. The lowest BCUT2D eigenvalue weighted by molar-refractivity contribution is 0.0595. The highest BCUT2D eigenvalue weighted by Gasteiger charge is 2.18. The standard InChI is InChI=1S/C11H12FNO2/c1-15-11(14)9-7-8(3-4-10(9)12)13-5-2-6-13/h3-4,7H,2,5-6H2,1H3. The SMILES string of the molecule is COC(=O)c1cc(N2CCC2)ccc1F. The fraction of sp³-hybridized carbons (Fsp3) is 0.364. The van der Waals surface area contributed by atoms with Crippen molar-refractivity contribution in [3.05, 3.63) is 29.6 Å². The van der Waals surface area contributed by atoms with Crippen molar-refractivity contribution in [1.29, 1.82) is 0 Å². The second kappa shape index (κ2) is 3.88. The van der Waals surface area contributed by atoms with E-state index in [1.807, 2.05) is 0 Å². The van der Waals surface area contributed by atoms with E-state index in [9.17, 15) is 9.18 Å². The first kappa shape index (κ1) is 9.96. The Hall–Kier alpha value is -1.58. The minimum Gasteiger partial charge on any atom is -0.465 e. The molecule has 0 aromatic heterocycles. The molecule has 0 unspecified atom stereocenters. The van der Waals surface area contributed by atoms with Crippen molar-refractivity contribution in [3.63, 3.8) is 0 Å². The number of halogens is 1. The highest BCUT2D eigenvalue weighted by Crippen LogP contribution is 2.23. The van der Waals surface area contributed by atoms with Gasteiger partial charge in [-0.3, -0.25) is 0 Å². The van der Waals surface area contributed by atoms with Gasteiger partial charge >= 0.3 is 5.97 Å². The molecule has 1 heterocycles. The molecule has 80 valence electrons. The summed E-state index contributed by atoms with van der Waals surface area (Å²) in [7, 11) is 1.25. The lowest BCUT2D eigenvalue weighted by atomic mass is 10.1. The molecule has 4 heteroatoms. The molecule has 1 aliphatic rings. The maximum Gasteiger partial charge on any atom is 0.340 e. The molecule has 0 saturated carbocycles. The van der Waals surface area contributed by atoms with Crippen LogP contribution in [0.15, 0.2) is 18.2 Å². The van der Waals surface area contributed by atoms with Crippen molar-refractivity contribution in [2.24, 2.45) is 0 Å². The number of anilines is 1. The Bertz CT molecular complexity index is 388. The fourth-order valence-electron chi connectivity index (χ4n) is 1.55. The molecule has 1 saturated heterocycles. The van der Waals surface area contributed by atoms with E-state index < -0.39 is 11.8 Å². The summed E-state index contributed by atoms with van der Waals surface area (Å²) in [5.41, 5.74) is 0.880. The summed E-state index contributed by atoms with van der Waals surface area (Å²) in [6.07, 6.45) is 1.14. The van der Waals surface area contributed by atoms with Gasteiger partial charge in [-0.1, -0.05) is 0 Å². The molecule has 3 nitrogen and oxygen atoms in total. The lowest BCUT2D eigenvalue weighted by Crippen LogP contribution is -2.37. The molecule has 0 aliphatic carbocycles. The number of carbonyl (C=O) groups excluding carboxylic acids is 1. The zero-order chi connectivity index (χ0) is 10.8. The number of ether oxygens (including phenoxy) is 1. The van der Waals surface area contributed by atoms with Gasteiger partial charge in [-0.25, -0.2) is 9.18 Å². The molecule has 0 bridgehead atoms. The van der Waals surface area contributed by atoms with Crippen LogP contribution in [0.2, 0.25) is 0 Å². The van der Waals surface area contributed by atoms with Gasteiger partial charge in [0, 0.05) is 18.8 Å². The molecule has 0 amide bonds. The first-order valence-corrected chi connectivity index (χ1v) is 4.85. The van der Waals surface area contributed by atoms with Gasteiger partial charge in [0.1, 0.15) is 5.82 Å². The highest BCUT2D eigenvalue weighted by molar-refractivity contribution is 5.90. The fourth-order valence-corrected chi connectivity index (χ4v) is 1.55. The summed E-state index contributed by atoms with van der Waals surface area (Å²) in [5.74, 6) is -1.17. The van der Waals surface area contributed by atoms with Crippen LogP contribution in [0.1, 0.15) is 16.8 Å². The molecule has 1 aromatic rings. The monoisotopic (exact) mass is 209 g/mol. The zero-order valence-electron chi connectivity index (χ0n) is 8.50. The van der Waals surface area contributed by atoms with Crippen LogP contribution in [0.5, 0.6) is 0 Å². The second-order valence-electron chi connectivity index (χ2n) is 3.50. The van der Waals surface area contributed by atoms with E-state index in [1.54, 1.807) is 12.1 Å². The van der Waals surface area contributed by atoms with Crippen molar-refractivity contribution in [2.75, 3.05) is 25.1 Å². The predicted molar refractivity (Wildman–Crippen MR) is 54.6 cm³/mol. The van der Waals surface area contributed by atoms with E-state index in [2.05, 4.69) is 9.64 Å². The van der Waals surface area contributed by atoms with Crippen molar-refractivity contribution < 1.29 is 13.9 Å². The number of rotatable bonds is 2. The summed E-state index contributed by atoms with van der Waals surface area (Å²) in [5, 5.41) is 0. The molecule has 15 heavy (non-hydrogen) atoms. The average molecular weight is 209 g/mol. The maximum atomic E-state index is 13.3. The number of nitrogens with zero attached hydrogens (tertiary/aromatic N) is 1. The van der Waals surface area contributed by atoms with Gasteiger partial charge in [-0.2, -0.15) is 0 Å². The van der Waals surface area contributed by atoms with Crippen LogP contribution in [0.3, 0.4) is 0 Å². The molecule has 1 aliphatic heterocycles. The second-order valence-corrected chi connectivity index (χ2v) is 3.50. The molecule has 0 radical (unpaired) electrons. The predicted octanol–water partition coefficient (Wildman–Crippen LogP) is 1.82. The van der Waals surface area contributed by atoms with Gasteiger partial charge in [-0.15, -0.1) is 0 Å². The topological polar surface area (TPSA) is 29.5 Å². The van der Waals surface area contributed by atoms with E-state index in [4.69, 9.17) is 0 Å². The molecular formula is C11H12FNO2. The Balaban J connectivity index is 2.31. The van der Waals surface area contributed by atoms with E-state index in [0.717, 1.165) is 25.2 Å². The van der Waals surface area contributed by atoms with Crippen LogP contribution in [0, 0.1) is 5.82 Å². The van der Waals surface area contributed by atoms with E-state index in [1.165, 1.54) is 13.2 Å². The Morgan fingerprint density at radius 2 is 2.20 bits per heavy atom. The van der Waals surface area contributed by atoms with Crippen molar-refractivity contribution in [2.45, 2.75) is 6.42 Å². The third kappa shape index (κ3) is 1.79. The third-order valence-electron chi connectivity index (χ3n) is 2.58. The summed E-state index contributed by atoms with van der Waals surface area (Å²) in [6, 6.07) is 4.53. The number of benzene rings is 1. The summed E-state index contributed by atoms with van der Waals surface area (Å²) >= 11 is 0. The lowest BCUT2D eigenvalue weighted by Gasteiger charge is -2.33. The largest absolute Gasteiger partial charge is 0.465 e. The normalized spacial score (nSPS) is 14.7. The van der Waals surface area contributed by atoms with Crippen molar-refractivity contribution >= 4 is 11.7 Å². The molecular weight excluding hydrogens is 197 g/mol. The summed E-state index contributed by atoms with van der Waals surface area (Å²) in [4.78, 5) is 13.3. The third-order valence-corrected chi connectivity index (χ3v) is 2.58. The minimum absolute atomic E-state index is 0.00176. The zero-order valence-corrected chi connectivity index (χ0v) is 8.50. The van der Waals surface area contributed by atoms with Gasteiger partial charge in [-0.05, 0) is 24.6 Å². The molecule has 0 spiro atoms. The molecule has 0 atom stereocenters. The number of hydrogen-bond donors (Lipinski definition) is 0. The first-order chi connectivity index (χ1) is 7.22. The van der Waals surface area contributed by atoms with E-state index in [0.29, 0.717) is 0 Å². The number of methoxy groups -OCH3 is 1. The van der Waals surface area contributed by atoms with Crippen LogP contribution in [0.25, 0.3) is 0 Å². The van der Waals surface area contributed by atoms with Crippen LogP contribution in [0.4, 0.5) is 10.1 Å². The average Bonchev–Trinajstić information content (AvgIpc) is 2.17. The Kier molecular flexibility index (Phi) is 2.58. The van der Waals surface area contributed by atoms with Crippen molar-refractivity contribution in [3.8, 4) is 0 Å². The van der Waals surface area contributed by atoms with Crippen LogP contribution >= 0.6 is 0 Å². The van der Waals surface area contributed by atoms with Gasteiger partial charge in [0.05, 0.1) is 12.7 Å². The molecule has 0 N–H and O–H groups in total. The van der Waals surface area contributed by atoms with E-state index in [-0.39, 0.29) is 5.56 Å². The quantitative estimate of drug-likeness (QED) is 0.696. The van der Waals surface area contributed by atoms with Crippen molar-refractivity contribution in [1.82, 2.24) is 0 Å². The van der Waals surface area contributed by atoms with Gasteiger partial charge in [0.2, 0.25) is 0 Å². The molecule has 2 rings (SSSR count). The molecule has 1 aromatic carbocycles. The van der Waals surface area contributed by atoms with E-state index >= 15 is 0 Å². The summed E-state index contributed by atoms with van der Waals surface area (Å²) < 4.78 is 17.8. The number of esters is 1. The Morgan fingerprint density at radius 1 is 1.47 bits per heavy atom. The van der Waals surface area contributed by atoms with Gasteiger partial charge < -0.3 is 9.64 Å². The first-order valence-electron chi connectivity index (χ1n) is 4.85. The molecule has 1 fully saturated rings. The van der Waals surface area contributed by atoms with Gasteiger partial charge in [0.25, 0.3) is 0 Å². The summed E-state index contributed by atoms with van der Waals surface area (Å²) in [6.45, 7) is 1.93. The highest BCUT2D eigenvalue weighted by atomic mass is 19.1.